The minimum atomic E-state index is -0.411. The topological polar surface area (TPSA) is 100 Å². The van der Waals surface area contributed by atoms with Gasteiger partial charge in [-0.05, 0) is 25.0 Å². The number of hydrogen-bond donors (Lipinski definition) is 2. The van der Waals surface area contributed by atoms with Gasteiger partial charge in [0.15, 0.2) is 0 Å². The van der Waals surface area contributed by atoms with Gasteiger partial charge in [-0.1, -0.05) is 32.0 Å². The molecule has 31 heavy (non-hydrogen) atoms. The summed E-state index contributed by atoms with van der Waals surface area (Å²) in [6.45, 7) is 7.79. The fourth-order valence-corrected chi connectivity index (χ4v) is 3.69. The van der Waals surface area contributed by atoms with Crippen LogP contribution in [0.25, 0.3) is 10.9 Å². The molecule has 0 aliphatic carbocycles. The largest absolute Gasteiger partial charge is 0.368 e. The lowest BCUT2D eigenvalue weighted by Gasteiger charge is -2.33. The van der Waals surface area contributed by atoms with Crippen LogP contribution in [0.4, 0.5) is 0 Å². The first kappa shape index (κ1) is 21.0. The van der Waals surface area contributed by atoms with E-state index in [-0.39, 0.29) is 11.8 Å². The maximum atomic E-state index is 12.9. The molecule has 1 unspecified atom stereocenters. The van der Waals surface area contributed by atoms with Crippen molar-refractivity contribution in [2.24, 2.45) is 5.92 Å². The molecule has 3 aromatic rings. The highest BCUT2D eigenvalue weighted by molar-refractivity contribution is 6.06. The van der Waals surface area contributed by atoms with Crippen LogP contribution in [-0.2, 0) is 4.74 Å². The molecule has 1 atom stereocenters. The van der Waals surface area contributed by atoms with Gasteiger partial charge < -0.3 is 15.0 Å². The fraction of sp³-hybridized carbons (Fsp3) is 0.391. The smallest absolute Gasteiger partial charge is 0.257 e. The van der Waals surface area contributed by atoms with E-state index in [9.17, 15) is 9.59 Å². The van der Waals surface area contributed by atoms with Crippen molar-refractivity contribution < 1.29 is 14.3 Å². The normalized spacial score (nSPS) is 16.6. The first-order valence-electron chi connectivity index (χ1n) is 10.5. The minimum Gasteiger partial charge on any atom is -0.368 e. The second-order valence-electron chi connectivity index (χ2n) is 8.23. The van der Waals surface area contributed by atoms with E-state index in [1.807, 2.05) is 31.2 Å². The number of morpholine rings is 1. The molecular weight excluding hydrogens is 394 g/mol. The van der Waals surface area contributed by atoms with Crippen molar-refractivity contribution in [1.82, 2.24) is 25.4 Å². The summed E-state index contributed by atoms with van der Waals surface area (Å²) in [6.07, 6.45) is 1.14. The van der Waals surface area contributed by atoms with E-state index in [0.29, 0.717) is 49.0 Å². The lowest BCUT2D eigenvalue weighted by molar-refractivity contribution is -0.0246. The maximum absolute atomic E-state index is 12.9. The van der Waals surface area contributed by atoms with E-state index in [1.165, 1.54) is 0 Å². The number of carbonyl (C=O) groups is 2. The second-order valence-corrected chi connectivity index (χ2v) is 8.23. The number of nitrogens with zero attached hydrogens (tertiary/aromatic N) is 3. The summed E-state index contributed by atoms with van der Waals surface area (Å²) in [5.41, 5.74) is 3.24. The molecule has 2 amide bonds. The van der Waals surface area contributed by atoms with Crippen LogP contribution in [0.15, 0.2) is 36.5 Å². The SMILES string of the molecule is Cc1[nH]ncc1C(=O)N1CCOC(c2cc(C(=O)NCC(C)C)c3ccccc3n2)C1. The molecule has 1 aliphatic heterocycles. The molecule has 0 bridgehead atoms. The van der Waals surface area contributed by atoms with Gasteiger partial charge in [-0.3, -0.25) is 14.7 Å². The van der Waals surface area contributed by atoms with Crippen molar-refractivity contribution in [2.75, 3.05) is 26.2 Å². The molecule has 8 nitrogen and oxygen atoms in total. The molecule has 0 saturated carbocycles. The third kappa shape index (κ3) is 4.44. The van der Waals surface area contributed by atoms with Gasteiger partial charge in [0.2, 0.25) is 0 Å². The number of aromatic nitrogens is 3. The molecule has 1 fully saturated rings. The predicted molar refractivity (Wildman–Crippen MR) is 117 cm³/mol. The number of pyridine rings is 1. The molecule has 1 aliphatic rings. The van der Waals surface area contributed by atoms with Crippen LogP contribution in [0.3, 0.4) is 0 Å². The Balaban J connectivity index is 1.63. The number of aromatic amines is 1. The van der Waals surface area contributed by atoms with Crippen LogP contribution in [0.2, 0.25) is 0 Å². The summed E-state index contributed by atoms with van der Waals surface area (Å²) in [4.78, 5) is 32.3. The number of amides is 2. The lowest BCUT2D eigenvalue weighted by atomic mass is 10.0. The predicted octanol–water partition coefficient (Wildman–Crippen LogP) is 2.87. The Bertz CT molecular complexity index is 1110. The number of H-pyrrole nitrogens is 1. The van der Waals surface area contributed by atoms with E-state index in [0.717, 1.165) is 16.6 Å². The molecule has 8 heteroatoms. The Hall–Kier alpha value is -3.26. The summed E-state index contributed by atoms with van der Waals surface area (Å²) < 4.78 is 5.96. The van der Waals surface area contributed by atoms with Crippen molar-refractivity contribution in [3.63, 3.8) is 0 Å². The Kier molecular flexibility index (Phi) is 5.99. The highest BCUT2D eigenvalue weighted by atomic mass is 16.5. The van der Waals surface area contributed by atoms with Crippen LogP contribution >= 0.6 is 0 Å². The van der Waals surface area contributed by atoms with Gasteiger partial charge in [-0.2, -0.15) is 5.10 Å². The highest BCUT2D eigenvalue weighted by Gasteiger charge is 2.29. The summed E-state index contributed by atoms with van der Waals surface area (Å²) in [5.74, 6) is 0.130. The number of hydrogen-bond acceptors (Lipinski definition) is 5. The lowest BCUT2D eigenvalue weighted by Crippen LogP contribution is -2.42. The van der Waals surface area contributed by atoms with Gasteiger partial charge >= 0.3 is 0 Å². The van der Waals surface area contributed by atoms with Crippen LogP contribution in [0, 0.1) is 12.8 Å². The zero-order valence-corrected chi connectivity index (χ0v) is 18.0. The highest BCUT2D eigenvalue weighted by Crippen LogP contribution is 2.27. The number of fused-ring (bicyclic) bond motifs is 1. The number of benzene rings is 1. The van der Waals surface area contributed by atoms with Crippen LogP contribution < -0.4 is 5.32 Å². The van der Waals surface area contributed by atoms with E-state index in [4.69, 9.17) is 9.72 Å². The van der Waals surface area contributed by atoms with Gasteiger partial charge in [0.05, 0.1) is 41.7 Å². The van der Waals surface area contributed by atoms with Gasteiger partial charge in [0.1, 0.15) is 6.10 Å². The van der Waals surface area contributed by atoms with Crippen LogP contribution in [-0.4, -0.2) is 58.1 Å². The third-order valence-electron chi connectivity index (χ3n) is 5.40. The van der Waals surface area contributed by atoms with E-state index >= 15 is 0 Å². The quantitative estimate of drug-likeness (QED) is 0.660. The van der Waals surface area contributed by atoms with Crippen molar-refractivity contribution >= 4 is 22.7 Å². The Labute approximate surface area is 181 Å². The van der Waals surface area contributed by atoms with Gasteiger partial charge in [0, 0.05) is 24.2 Å². The first-order chi connectivity index (χ1) is 14.9. The summed E-state index contributed by atoms with van der Waals surface area (Å²) >= 11 is 0. The number of aryl methyl sites for hydroxylation is 1. The summed E-state index contributed by atoms with van der Waals surface area (Å²) in [6, 6.07) is 9.37. The number of para-hydroxylation sites is 1. The number of nitrogens with one attached hydrogen (secondary N) is 2. The Morgan fingerprint density at radius 1 is 1.29 bits per heavy atom. The monoisotopic (exact) mass is 421 g/mol. The average Bonchev–Trinajstić information content (AvgIpc) is 3.22. The Morgan fingerprint density at radius 3 is 2.84 bits per heavy atom. The van der Waals surface area contributed by atoms with E-state index < -0.39 is 6.10 Å². The standard InChI is InChI=1S/C23H27N5O3/c1-14(2)11-24-22(29)17-10-20(26-19-7-5-4-6-16(17)19)21-13-28(8-9-31-21)23(30)18-12-25-27-15(18)3/h4-7,10,12,14,21H,8-9,11,13H2,1-3H3,(H,24,29)(H,25,27). The number of carbonyl (C=O) groups excluding carboxylic acids is 2. The van der Waals surface area contributed by atoms with Gasteiger partial charge in [0.25, 0.3) is 11.8 Å². The zero-order chi connectivity index (χ0) is 22.0. The molecule has 2 N–H and O–H groups in total. The molecule has 1 aromatic carbocycles. The van der Waals surface area contributed by atoms with Crippen molar-refractivity contribution in [1.29, 1.82) is 0 Å². The molecule has 0 spiro atoms. The molecular formula is C23H27N5O3. The molecule has 1 saturated heterocycles. The van der Waals surface area contributed by atoms with Crippen LogP contribution in [0.5, 0.6) is 0 Å². The Morgan fingerprint density at radius 2 is 2.10 bits per heavy atom. The van der Waals surface area contributed by atoms with Crippen molar-refractivity contribution in [3.05, 3.63) is 59.0 Å². The van der Waals surface area contributed by atoms with Gasteiger partial charge in [-0.15, -0.1) is 0 Å². The van der Waals surface area contributed by atoms with Crippen LogP contribution in [0.1, 0.15) is 52.1 Å². The molecule has 2 aromatic heterocycles. The third-order valence-corrected chi connectivity index (χ3v) is 5.40. The number of ether oxygens (including phenoxy) is 1. The summed E-state index contributed by atoms with van der Waals surface area (Å²) in [5, 5.41) is 10.5. The van der Waals surface area contributed by atoms with Gasteiger partial charge in [-0.25, -0.2) is 4.98 Å². The van der Waals surface area contributed by atoms with E-state index in [1.54, 1.807) is 17.2 Å². The summed E-state index contributed by atoms with van der Waals surface area (Å²) in [7, 11) is 0. The molecule has 3 heterocycles. The zero-order valence-electron chi connectivity index (χ0n) is 18.0. The minimum absolute atomic E-state index is 0.0877. The molecule has 4 rings (SSSR count). The number of rotatable bonds is 5. The van der Waals surface area contributed by atoms with Crippen molar-refractivity contribution in [2.45, 2.75) is 26.9 Å². The second kappa shape index (κ2) is 8.85. The fourth-order valence-electron chi connectivity index (χ4n) is 3.69. The first-order valence-corrected chi connectivity index (χ1v) is 10.5. The maximum Gasteiger partial charge on any atom is 0.257 e. The van der Waals surface area contributed by atoms with Crippen molar-refractivity contribution in [3.8, 4) is 0 Å². The molecule has 0 radical (unpaired) electrons. The van der Waals surface area contributed by atoms with E-state index in [2.05, 4.69) is 29.4 Å². The molecule has 162 valence electrons. The average molecular weight is 422 g/mol.